The summed E-state index contributed by atoms with van der Waals surface area (Å²) in [6, 6.07) is 5.66. The summed E-state index contributed by atoms with van der Waals surface area (Å²) in [5.41, 5.74) is 0.709. The number of hydrogen-bond acceptors (Lipinski definition) is 4. The Balaban J connectivity index is 1.48. The number of aromatic nitrogens is 3. The van der Waals surface area contributed by atoms with Crippen molar-refractivity contribution in [2.24, 2.45) is 5.92 Å². The largest absolute Gasteiger partial charge is 0.387 e. The molecule has 3 rings (SSSR count). The van der Waals surface area contributed by atoms with E-state index in [1.807, 2.05) is 18.2 Å². The second-order valence-electron chi connectivity index (χ2n) is 5.84. The molecule has 2 aromatic heterocycles. The summed E-state index contributed by atoms with van der Waals surface area (Å²) in [5.74, 6) is 0.265. The summed E-state index contributed by atoms with van der Waals surface area (Å²) in [5, 5.41) is 10.4. The number of hydrogen-bond donors (Lipinski definition) is 2. The van der Waals surface area contributed by atoms with Crippen LogP contribution in [0, 0.1) is 5.92 Å². The third-order valence-electron chi connectivity index (χ3n) is 4.45. The van der Waals surface area contributed by atoms with Gasteiger partial charge < -0.3 is 15.0 Å². The van der Waals surface area contributed by atoms with Crippen molar-refractivity contribution < 1.29 is 5.11 Å². The smallest absolute Gasteiger partial charge is 0.325 e. The lowest BCUT2D eigenvalue weighted by Crippen LogP contribution is -2.38. The maximum atomic E-state index is 11.4. The SMILES string of the molecule is O=c1[nH]ccn1CCN1CCC(C(O)c2ccccn2)CC1. The van der Waals surface area contributed by atoms with Gasteiger partial charge in [0.05, 0.1) is 11.8 Å². The minimum atomic E-state index is -0.476. The molecular weight excluding hydrogens is 280 g/mol. The van der Waals surface area contributed by atoms with E-state index in [1.165, 1.54) is 0 Å². The summed E-state index contributed by atoms with van der Waals surface area (Å²) in [4.78, 5) is 20.7. The zero-order valence-corrected chi connectivity index (χ0v) is 12.6. The van der Waals surface area contributed by atoms with E-state index in [-0.39, 0.29) is 11.6 Å². The Labute approximate surface area is 129 Å². The molecular formula is C16H22N4O2. The van der Waals surface area contributed by atoms with Gasteiger partial charge in [-0.1, -0.05) is 6.07 Å². The van der Waals surface area contributed by atoms with Crippen molar-refractivity contribution in [3.63, 3.8) is 0 Å². The second-order valence-corrected chi connectivity index (χ2v) is 5.84. The number of pyridine rings is 1. The molecule has 3 heterocycles. The highest BCUT2D eigenvalue weighted by Crippen LogP contribution is 2.29. The first-order valence-electron chi connectivity index (χ1n) is 7.79. The molecule has 22 heavy (non-hydrogen) atoms. The number of H-pyrrole nitrogens is 1. The molecule has 6 heteroatoms. The first-order valence-corrected chi connectivity index (χ1v) is 7.79. The first kappa shape index (κ1) is 15.0. The van der Waals surface area contributed by atoms with Crippen molar-refractivity contribution in [3.8, 4) is 0 Å². The number of likely N-dealkylation sites (tertiary alicyclic amines) is 1. The molecule has 6 nitrogen and oxygen atoms in total. The minimum absolute atomic E-state index is 0.0551. The summed E-state index contributed by atoms with van der Waals surface area (Å²) >= 11 is 0. The topological polar surface area (TPSA) is 74.2 Å². The maximum Gasteiger partial charge on any atom is 0.325 e. The molecule has 2 aromatic rings. The molecule has 118 valence electrons. The average Bonchev–Trinajstić information content (AvgIpc) is 2.99. The van der Waals surface area contributed by atoms with Gasteiger partial charge >= 0.3 is 5.69 Å². The van der Waals surface area contributed by atoms with Crippen LogP contribution in [0.15, 0.2) is 41.6 Å². The Hall–Kier alpha value is -1.92. The first-order chi connectivity index (χ1) is 10.7. The molecule has 0 aromatic carbocycles. The minimum Gasteiger partial charge on any atom is -0.387 e. The lowest BCUT2D eigenvalue weighted by Gasteiger charge is -2.34. The summed E-state index contributed by atoms with van der Waals surface area (Å²) in [6.45, 7) is 3.47. The Morgan fingerprint density at radius 3 is 2.77 bits per heavy atom. The molecule has 2 N–H and O–H groups in total. The van der Waals surface area contributed by atoms with Crippen molar-refractivity contribution in [1.82, 2.24) is 19.4 Å². The number of nitrogens with zero attached hydrogens (tertiary/aromatic N) is 3. The fourth-order valence-corrected chi connectivity index (χ4v) is 3.06. The predicted molar refractivity (Wildman–Crippen MR) is 83.4 cm³/mol. The predicted octanol–water partition coefficient (Wildman–Crippen LogP) is 1.02. The number of imidazole rings is 1. The van der Waals surface area contributed by atoms with Crippen molar-refractivity contribution in [1.29, 1.82) is 0 Å². The van der Waals surface area contributed by atoms with Gasteiger partial charge in [0.2, 0.25) is 0 Å². The number of piperidine rings is 1. The highest BCUT2D eigenvalue weighted by molar-refractivity contribution is 5.08. The van der Waals surface area contributed by atoms with E-state index in [2.05, 4.69) is 14.9 Å². The van der Waals surface area contributed by atoms with E-state index >= 15 is 0 Å². The molecule has 1 fully saturated rings. The van der Waals surface area contributed by atoms with Crippen molar-refractivity contribution in [3.05, 3.63) is 53.0 Å². The molecule has 0 aliphatic carbocycles. The molecule has 0 bridgehead atoms. The van der Waals surface area contributed by atoms with Crippen molar-refractivity contribution in [2.75, 3.05) is 19.6 Å². The summed E-state index contributed by atoms with van der Waals surface area (Å²) in [7, 11) is 0. The van der Waals surface area contributed by atoms with Crippen LogP contribution in [-0.2, 0) is 6.54 Å². The standard InChI is InChI=1S/C16H22N4O2/c21-15(14-3-1-2-6-17-14)13-4-8-19(9-5-13)11-12-20-10-7-18-16(20)22/h1-3,6-7,10,13,15,21H,4-5,8-9,11-12H2,(H,18,22). The van der Waals surface area contributed by atoms with Crippen molar-refractivity contribution in [2.45, 2.75) is 25.5 Å². The summed E-state index contributed by atoms with van der Waals surface area (Å²) in [6.07, 6.45) is 6.61. The van der Waals surface area contributed by atoms with Gasteiger partial charge in [0.1, 0.15) is 0 Å². The van der Waals surface area contributed by atoms with E-state index in [1.54, 1.807) is 23.2 Å². The Bertz CT molecular complexity index is 629. The second kappa shape index (κ2) is 6.89. The van der Waals surface area contributed by atoms with Crippen LogP contribution in [0.3, 0.4) is 0 Å². The van der Waals surface area contributed by atoms with Gasteiger partial charge in [0.15, 0.2) is 0 Å². The van der Waals surface area contributed by atoms with Gasteiger partial charge in [-0.2, -0.15) is 0 Å². The lowest BCUT2D eigenvalue weighted by molar-refractivity contribution is 0.0551. The third kappa shape index (κ3) is 3.45. The Morgan fingerprint density at radius 2 is 2.14 bits per heavy atom. The highest BCUT2D eigenvalue weighted by atomic mass is 16.3. The highest BCUT2D eigenvalue weighted by Gasteiger charge is 2.26. The molecule has 1 saturated heterocycles. The molecule has 1 aliphatic rings. The number of aromatic amines is 1. The Morgan fingerprint density at radius 1 is 1.32 bits per heavy atom. The van der Waals surface area contributed by atoms with E-state index in [4.69, 9.17) is 0 Å². The molecule has 1 unspecified atom stereocenters. The van der Waals surface area contributed by atoms with Crippen LogP contribution in [0.2, 0.25) is 0 Å². The van der Waals surface area contributed by atoms with Crippen LogP contribution >= 0.6 is 0 Å². The number of aliphatic hydroxyl groups excluding tert-OH is 1. The molecule has 1 atom stereocenters. The quantitative estimate of drug-likeness (QED) is 0.865. The molecule has 0 radical (unpaired) electrons. The van der Waals surface area contributed by atoms with Crippen LogP contribution < -0.4 is 5.69 Å². The monoisotopic (exact) mass is 302 g/mol. The molecule has 0 saturated carbocycles. The number of aliphatic hydroxyl groups is 1. The summed E-state index contributed by atoms with van der Waals surface area (Å²) < 4.78 is 1.69. The van der Waals surface area contributed by atoms with E-state index in [0.29, 0.717) is 6.54 Å². The fourth-order valence-electron chi connectivity index (χ4n) is 3.06. The van der Waals surface area contributed by atoms with Crippen LogP contribution in [0.4, 0.5) is 0 Å². The van der Waals surface area contributed by atoms with Crippen molar-refractivity contribution >= 4 is 0 Å². The lowest BCUT2D eigenvalue weighted by atomic mass is 9.89. The Kier molecular flexibility index (Phi) is 4.70. The van der Waals surface area contributed by atoms with Crippen LogP contribution in [-0.4, -0.2) is 44.2 Å². The van der Waals surface area contributed by atoms with Crippen LogP contribution in [0.1, 0.15) is 24.6 Å². The van der Waals surface area contributed by atoms with Gasteiger partial charge in [-0.3, -0.25) is 9.55 Å². The number of rotatable bonds is 5. The van der Waals surface area contributed by atoms with Gasteiger partial charge in [-0.25, -0.2) is 4.79 Å². The van der Waals surface area contributed by atoms with E-state index < -0.39 is 6.10 Å². The zero-order valence-electron chi connectivity index (χ0n) is 12.6. The van der Waals surface area contributed by atoms with Crippen LogP contribution in [0.5, 0.6) is 0 Å². The molecule has 0 amide bonds. The van der Waals surface area contributed by atoms with Crippen LogP contribution in [0.25, 0.3) is 0 Å². The van der Waals surface area contributed by atoms with Gasteiger partial charge in [-0.05, 0) is 44.0 Å². The third-order valence-corrected chi connectivity index (χ3v) is 4.45. The molecule has 1 aliphatic heterocycles. The van der Waals surface area contributed by atoms with Gasteiger partial charge in [0.25, 0.3) is 0 Å². The fraction of sp³-hybridized carbons (Fsp3) is 0.500. The zero-order chi connectivity index (χ0) is 15.4. The maximum absolute atomic E-state index is 11.4. The molecule has 0 spiro atoms. The average molecular weight is 302 g/mol. The van der Waals surface area contributed by atoms with E-state index in [0.717, 1.165) is 38.2 Å². The normalized spacial score (nSPS) is 18.4. The number of nitrogens with one attached hydrogen (secondary N) is 1. The van der Waals surface area contributed by atoms with Gasteiger partial charge in [-0.15, -0.1) is 0 Å². The van der Waals surface area contributed by atoms with Gasteiger partial charge in [0, 0.05) is 31.7 Å². The van der Waals surface area contributed by atoms with E-state index in [9.17, 15) is 9.90 Å².